The molecule has 3 aromatic carbocycles. The number of aromatic nitrogens is 1. The number of hydrogen-bond donors (Lipinski definition) is 4. The van der Waals surface area contributed by atoms with Crippen molar-refractivity contribution in [1.82, 2.24) is 9.71 Å². The van der Waals surface area contributed by atoms with Gasteiger partial charge in [-0.2, -0.15) is 0 Å². The number of amides is 2. The molecule has 1 heterocycles. The molecule has 1 atom stereocenters. The maximum atomic E-state index is 13.4. The van der Waals surface area contributed by atoms with Crippen LogP contribution < -0.4 is 14.8 Å². The number of aliphatic hydroxyl groups is 1. The first-order valence-corrected chi connectivity index (χ1v) is 18.2. The number of fused-ring (bicyclic) bond motifs is 1. The molecule has 2 aliphatic rings. The smallest absolute Gasteiger partial charge is 0.411 e. The lowest BCUT2D eigenvalue weighted by molar-refractivity contribution is 0.0610. The normalized spacial score (nSPS) is 16.7. The fourth-order valence-corrected chi connectivity index (χ4v) is 7.88. The number of hydrogen-bond acceptors (Lipinski definition) is 7. The Balaban J connectivity index is 1.19. The molecule has 0 bridgehead atoms. The third-order valence-corrected chi connectivity index (χ3v) is 10.9. The first-order chi connectivity index (χ1) is 23.5. The maximum absolute atomic E-state index is 13.4. The van der Waals surface area contributed by atoms with Gasteiger partial charge < -0.3 is 19.6 Å². The molecular formula is C38H41N3O7S. The molecular weight excluding hydrogens is 642 g/mol. The lowest BCUT2D eigenvalue weighted by atomic mass is 9.85. The highest BCUT2D eigenvalue weighted by atomic mass is 32.2. The van der Waals surface area contributed by atoms with Crippen molar-refractivity contribution in [1.29, 1.82) is 0 Å². The van der Waals surface area contributed by atoms with E-state index in [2.05, 4.69) is 26.9 Å². The van der Waals surface area contributed by atoms with Crippen molar-refractivity contribution < 1.29 is 32.6 Å². The molecule has 1 unspecified atom stereocenters. The van der Waals surface area contributed by atoms with Gasteiger partial charge in [0.25, 0.3) is 15.9 Å². The Kier molecular flexibility index (Phi) is 9.99. The van der Waals surface area contributed by atoms with E-state index in [9.17, 15) is 23.1 Å². The Hall–Kier alpha value is -4.79. The lowest BCUT2D eigenvalue weighted by Gasteiger charge is -2.26. The van der Waals surface area contributed by atoms with Crippen LogP contribution in [0.5, 0.6) is 5.75 Å². The maximum Gasteiger partial charge on any atom is 0.411 e. The van der Waals surface area contributed by atoms with E-state index in [-0.39, 0.29) is 28.0 Å². The largest absolute Gasteiger partial charge is 0.496 e. The van der Waals surface area contributed by atoms with Gasteiger partial charge in [-0.1, -0.05) is 43.4 Å². The van der Waals surface area contributed by atoms with E-state index in [1.165, 1.54) is 19.2 Å². The Bertz CT molecular complexity index is 2030. The Morgan fingerprint density at radius 2 is 1.73 bits per heavy atom. The van der Waals surface area contributed by atoms with Crippen molar-refractivity contribution >= 4 is 38.6 Å². The predicted molar refractivity (Wildman–Crippen MR) is 187 cm³/mol. The van der Waals surface area contributed by atoms with Gasteiger partial charge in [-0.05, 0) is 99.4 Å². The van der Waals surface area contributed by atoms with Crippen LogP contribution in [0.2, 0.25) is 0 Å². The molecule has 4 aromatic rings. The fraction of sp³-hybridized carbons (Fsp3) is 0.368. The zero-order valence-corrected chi connectivity index (χ0v) is 28.5. The average molecular weight is 684 g/mol. The predicted octanol–water partition coefficient (Wildman–Crippen LogP) is 6.98. The summed E-state index contributed by atoms with van der Waals surface area (Å²) in [5.41, 5.74) is 2.37. The van der Waals surface area contributed by atoms with Gasteiger partial charge in [-0.15, -0.1) is 0 Å². The van der Waals surface area contributed by atoms with Gasteiger partial charge in [-0.25, -0.2) is 17.9 Å². The van der Waals surface area contributed by atoms with Crippen molar-refractivity contribution in [2.45, 2.75) is 87.2 Å². The summed E-state index contributed by atoms with van der Waals surface area (Å²) in [6.45, 7) is 2.00. The Morgan fingerprint density at radius 3 is 2.49 bits per heavy atom. The number of anilines is 1. The van der Waals surface area contributed by atoms with E-state index in [4.69, 9.17) is 9.47 Å². The molecule has 0 spiro atoms. The van der Waals surface area contributed by atoms with Crippen molar-refractivity contribution in [3.05, 3.63) is 89.1 Å². The van der Waals surface area contributed by atoms with Gasteiger partial charge in [-0.3, -0.25) is 10.1 Å². The summed E-state index contributed by atoms with van der Waals surface area (Å²) in [6, 6.07) is 16.6. The number of carbonyl (C=O) groups excluding carboxylic acids is 2. The first kappa shape index (κ1) is 34.1. The molecule has 11 heteroatoms. The van der Waals surface area contributed by atoms with Crippen LogP contribution in [-0.2, 0) is 14.8 Å². The van der Waals surface area contributed by atoms with Crippen molar-refractivity contribution in [3.63, 3.8) is 0 Å². The molecule has 0 saturated heterocycles. The molecule has 10 nitrogen and oxygen atoms in total. The topological polar surface area (TPSA) is 147 Å². The zero-order chi connectivity index (χ0) is 34.6. The van der Waals surface area contributed by atoms with Crippen LogP contribution in [0.25, 0.3) is 10.9 Å². The van der Waals surface area contributed by atoms with Crippen molar-refractivity contribution in [3.8, 4) is 17.6 Å². The highest BCUT2D eigenvalue weighted by Gasteiger charge is 2.28. The highest BCUT2D eigenvalue weighted by molar-refractivity contribution is 7.90. The van der Waals surface area contributed by atoms with Crippen LogP contribution in [0.1, 0.15) is 97.7 Å². The monoisotopic (exact) mass is 683 g/mol. The third kappa shape index (κ3) is 7.77. The molecule has 256 valence electrons. The number of nitrogens with one attached hydrogen (secondary N) is 3. The number of rotatable bonds is 8. The minimum atomic E-state index is -4.30. The van der Waals surface area contributed by atoms with Crippen LogP contribution in [0, 0.1) is 11.8 Å². The van der Waals surface area contributed by atoms with E-state index >= 15 is 0 Å². The standard InChI is InChI=1S/C38H41N3O7S/c1-25(32-24-39-33-17-15-28(23-31(32)33)40-37(43)48-29-11-5-6-12-29)30-16-14-27(22-34(30)47-2)36(42)41-49(45,46)35-13-7-4-10-26(35)18-21-38(44)19-8-3-9-20-38/h4,7,10,13-17,22-25,29,39,44H,3,5-6,8-9,11-12,19-20H2,1-2H3,(H,40,43)(H,41,42). The van der Waals surface area contributed by atoms with Crippen LogP contribution >= 0.6 is 0 Å². The number of aromatic amines is 1. The van der Waals surface area contributed by atoms with E-state index in [0.29, 0.717) is 24.3 Å². The molecule has 0 radical (unpaired) electrons. The summed E-state index contributed by atoms with van der Waals surface area (Å²) in [4.78, 5) is 28.9. The number of carbonyl (C=O) groups is 2. The summed E-state index contributed by atoms with van der Waals surface area (Å²) < 4.78 is 40.3. The van der Waals surface area contributed by atoms with E-state index in [0.717, 1.165) is 67.0 Å². The summed E-state index contributed by atoms with van der Waals surface area (Å²) in [6.07, 6.45) is 9.14. The quantitative estimate of drug-likeness (QED) is 0.147. The second kappa shape index (κ2) is 14.4. The molecule has 49 heavy (non-hydrogen) atoms. The molecule has 2 fully saturated rings. The minimum Gasteiger partial charge on any atom is -0.496 e. The number of methoxy groups -OCH3 is 1. The van der Waals surface area contributed by atoms with Gasteiger partial charge >= 0.3 is 6.09 Å². The number of H-pyrrole nitrogens is 1. The first-order valence-electron chi connectivity index (χ1n) is 16.7. The van der Waals surface area contributed by atoms with Gasteiger partial charge in [0.15, 0.2) is 0 Å². The molecule has 0 aliphatic heterocycles. The van der Waals surface area contributed by atoms with Crippen molar-refractivity contribution in [2.24, 2.45) is 0 Å². The van der Waals surface area contributed by atoms with Crippen LogP contribution in [0.4, 0.5) is 10.5 Å². The van der Waals surface area contributed by atoms with Gasteiger partial charge in [0, 0.05) is 45.4 Å². The summed E-state index contributed by atoms with van der Waals surface area (Å²) >= 11 is 0. The lowest BCUT2D eigenvalue weighted by Crippen LogP contribution is -2.31. The summed E-state index contributed by atoms with van der Waals surface area (Å²) in [7, 11) is -2.81. The van der Waals surface area contributed by atoms with Gasteiger partial charge in [0.05, 0.1) is 7.11 Å². The van der Waals surface area contributed by atoms with Crippen LogP contribution in [-0.4, -0.2) is 49.3 Å². The van der Waals surface area contributed by atoms with E-state index in [1.807, 2.05) is 31.3 Å². The number of ether oxygens (including phenoxy) is 2. The minimum absolute atomic E-state index is 0.0416. The molecule has 1 aromatic heterocycles. The highest BCUT2D eigenvalue weighted by Crippen LogP contribution is 2.37. The molecule has 2 saturated carbocycles. The summed E-state index contributed by atoms with van der Waals surface area (Å²) in [5, 5.41) is 14.6. The van der Waals surface area contributed by atoms with Crippen LogP contribution in [0.3, 0.4) is 0 Å². The number of benzene rings is 3. The SMILES string of the molecule is COc1cc(C(=O)NS(=O)(=O)c2ccccc2C#CC2(O)CCCCC2)ccc1C(C)c1c[nH]c2ccc(NC(=O)OC3CCCC3)cc12. The van der Waals surface area contributed by atoms with Crippen molar-refractivity contribution in [2.75, 3.05) is 12.4 Å². The van der Waals surface area contributed by atoms with Gasteiger partial charge in [0.1, 0.15) is 22.4 Å². The molecule has 4 N–H and O–H groups in total. The number of sulfonamides is 1. The van der Waals surface area contributed by atoms with E-state index in [1.54, 1.807) is 30.3 Å². The van der Waals surface area contributed by atoms with Gasteiger partial charge in [0.2, 0.25) is 0 Å². The Morgan fingerprint density at radius 1 is 0.980 bits per heavy atom. The molecule has 6 rings (SSSR count). The van der Waals surface area contributed by atoms with E-state index < -0.39 is 27.6 Å². The average Bonchev–Trinajstić information content (AvgIpc) is 3.77. The fourth-order valence-electron chi connectivity index (χ4n) is 6.75. The van der Waals surface area contributed by atoms with Crippen LogP contribution in [0.15, 0.2) is 71.8 Å². The summed E-state index contributed by atoms with van der Waals surface area (Å²) in [5.74, 6) is 5.12. The second-order valence-corrected chi connectivity index (χ2v) is 14.5. The molecule has 2 aliphatic carbocycles. The Labute approximate surface area is 286 Å². The third-order valence-electron chi connectivity index (χ3n) is 9.48. The molecule has 2 amide bonds. The second-order valence-electron chi connectivity index (χ2n) is 12.9. The zero-order valence-electron chi connectivity index (χ0n) is 27.7.